The van der Waals surface area contributed by atoms with Gasteiger partial charge >= 0.3 is 5.61 Å². The molecule has 0 spiro atoms. The van der Waals surface area contributed by atoms with Crippen LogP contribution in [0, 0.1) is 0 Å². The van der Waals surface area contributed by atoms with E-state index in [1.165, 1.54) is 0 Å². The number of hydrogen-bond donors (Lipinski definition) is 0. The second-order valence-corrected chi connectivity index (χ2v) is 8.22. The average Bonchev–Trinajstić information content (AvgIpc) is 3.33. The van der Waals surface area contributed by atoms with Crippen molar-refractivity contribution in [2.45, 2.75) is 13.3 Å². The molecule has 0 fully saturated rings. The molecule has 0 bridgehead atoms. The molecule has 0 aliphatic heterocycles. The maximum absolute atomic E-state index is 6.62. The van der Waals surface area contributed by atoms with Crippen LogP contribution >= 0.6 is 0 Å². The van der Waals surface area contributed by atoms with Gasteiger partial charge < -0.3 is 8.83 Å². The molecule has 3 nitrogen and oxygen atoms in total. The van der Waals surface area contributed by atoms with Crippen molar-refractivity contribution < 1.29 is 8.83 Å². The highest BCUT2D eigenvalue weighted by Gasteiger charge is 2.15. The van der Waals surface area contributed by atoms with Crippen LogP contribution in [0.25, 0.3) is 11.1 Å². The summed E-state index contributed by atoms with van der Waals surface area (Å²) < 4.78 is 13.0. The first kappa shape index (κ1) is 22.4. The first-order valence-electron chi connectivity index (χ1n) is 12.0. The van der Waals surface area contributed by atoms with Crippen LogP contribution in [0.1, 0.15) is 35.6 Å². The quantitative estimate of drug-likeness (QED) is 0.329. The van der Waals surface area contributed by atoms with Gasteiger partial charge in [-0.05, 0) is 28.7 Å². The molecule has 0 saturated heterocycles. The third kappa shape index (κ3) is 4.95. The highest BCUT2D eigenvalue weighted by atomic mass is 16.5. The first-order chi connectivity index (χ1) is 17.3. The van der Waals surface area contributed by atoms with Gasteiger partial charge in [-0.1, -0.05) is 128 Å². The van der Waals surface area contributed by atoms with Gasteiger partial charge in [-0.2, -0.15) is 0 Å². The Balaban J connectivity index is 1.94. The zero-order valence-electron chi connectivity index (χ0n) is 19.7. The maximum Gasteiger partial charge on any atom is 0.300 e. The molecule has 172 valence electrons. The van der Waals surface area contributed by atoms with Gasteiger partial charge in [0.1, 0.15) is 0 Å². The van der Waals surface area contributed by atoms with Gasteiger partial charge in [-0.15, -0.1) is 0 Å². The third-order valence-corrected chi connectivity index (χ3v) is 5.74. The fraction of sp³-hybridized carbons (Fsp3) is 0.0938. The molecule has 0 atom stereocenters. The smallest absolute Gasteiger partial charge is 0.300 e. The van der Waals surface area contributed by atoms with Crippen LogP contribution in [0.15, 0.2) is 135 Å². The topological polar surface area (TPSA) is 38.6 Å². The van der Waals surface area contributed by atoms with E-state index in [0.29, 0.717) is 23.1 Å². The summed E-state index contributed by atoms with van der Waals surface area (Å²) >= 11 is 0. The predicted molar refractivity (Wildman–Crippen MR) is 140 cm³/mol. The van der Waals surface area contributed by atoms with Gasteiger partial charge in [0.2, 0.25) is 5.42 Å². The lowest BCUT2D eigenvalue weighted by Gasteiger charge is -2.06. The molecule has 0 N–H and O–H groups in total. The number of hydrogen-bond acceptors (Lipinski definition) is 3. The summed E-state index contributed by atoms with van der Waals surface area (Å²) in [6, 6.07) is 40.9. The zero-order chi connectivity index (χ0) is 23.9. The minimum absolute atomic E-state index is 0.441. The molecular weight excluding hydrogens is 430 g/mol. The monoisotopic (exact) mass is 457 g/mol. The minimum atomic E-state index is 0.441. The maximum atomic E-state index is 6.62. The lowest BCUT2D eigenvalue weighted by atomic mass is 9.98. The molecule has 35 heavy (non-hydrogen) atoms. The summed E-state index contributed by atoms with van der Waals surface area (Å²) in [5.74, 6) is 0. The lowest BCUT2D eigenvalue weighted by molar-refractivity contribution is 0.370. The molecule has 0 radical (unpaired) electrons. The van der Waals surface area contributed by atoms with Gasteiger partial charge in [0.05, 0.1) is 5.57 Å². The molecule has 0 aliphatic carbocycles. The molecule has 5 rings (SSSR count). The molecule has 5 aromatic rings. The van der Waals surface area contributed by atoms with Crippen molar-refractivity contribution in [3.05, 3.63) is 160 Å². The summed E-state index contributed by atoms with van der Waals surface area (Å²) in [5, 5.41) is 0. The summed E-state index contributed by atoms with van der Waals surface area (Å²) in [4.78, 5) is 4.79. The summed E-state index contributed by atoms with van der Waals surface area (Å²) in [6.45, 7) is 2.76. The van der Waals surface area contributed by atoms with E-state index in [0.717, 1.165) is 39.8 Å². The van der Waals surface area contributed by atoms with Crippen molar-refractivity contribution in [3.63, 3.8) is 0 Å². The Morgan fingerprint density at radius 3 is 1.34 bits per heavy atom. The summed E-state index contributed by atoms with van der Waals surface area (Å²) in [7, 11) is 0. The van der Waals surface area contributed by atoms with Crippen molar-refractivity contribution in [2.75, 3.05) is 6.54 Å². The lowest BCUT2D eigenvalue weighted by Crippen LogP contribution is -2.24. The fourth-order valence-electron chi connectivity index (χ4n) is 4.12. The van der Waals surface area contributed by atoms with Gasteiger partial charge in [-0.25, -0.2) is 4.99 Å². The molecule has 0 unspecified atom stereocenters. The van der Waals surface area contributed by atoms with E-state index in [1.807, 2.05) is 72.8 Å². The number of rotatable bonds is 6. The van der Waals surface area contributed by atoms with Crippen molar-refractivity contribution in [3.8, 4) is 0 Å². The van der Waals surface area contributed by atoms with Crippen LogP contribution in [-0.4, -0.2) is 6.54 Å². The van der Waals surface area contributed by atoms with E-state index < -0.39 is 0 Å². The van der Waals surface area contributed by atoms with Gasteiger partial charge in [0.25, 0.3) is 5.55 Å². The van der Waals surface area contributed by atoms with Crippen LogP contribution in [-0.2, 0) is 0 Å². The molecular formula is C32H27NO2. The summed E-state index contributed by atoms with van der Waals surface area (Å²) in [6.07, 6.45) is 0.912. The highest BCUT2D eigenvalue weighted by Crippen LogP contribution is 2.21. The van der Waals surface area contributed by atoms with Crippen LogP contribution in [0.5, 0.6) is 0 Å². The molecule has 1 heterocycles. The zero-order valence-corrected chi connectivity index (χ0v) is 19.7. The molecule has 4 aromatic carbocycles. The Bertz CT molecular complexity index is 1480. The van der Waals surface area contributed by atoms with E-state index >= 15 is 0 Å². The summed E-state index contributed by atoms with van der Waals surface area (Å²) in [5.41, 5.74) is 7.56. The van der Waals surface area contributed by atoms with E-state index in [1.54, 1.807) is 0 Å². The molecule has 0 saturated carbocycles. The second kappa shape index (κ2) is 10.7. The van der Waals surface area contributed by atoms with E-state index in [-0.39, 0.29) is 0 Å². The van der Waals surface area contributed by atoms with E-state index in [4.69, 9.17) is 13.8 Å². The van der Waals surface area contributed by atoms with Crippen molar-refractivity contribution in [1.82, 2.24) is 0 Å². The van der Waals surface area contributed by atoms with Gasteiger partial charge in [0, 0.05) is 12.1 Å². The largest absolute Gasteiger partial charge is 0.419 e. The van der Waals surface area contributed by atoms with Gasteiger partial charge in [0.15, 0.2) is 0 Å². The van der Waals surface area contributed by atoms with Crippen LogP contribution in [0.2, 0.25) is 0 Å². The van der Waals surface area contributed by atoms with Gasteiger partial charge in [-0.3, -0.25) is 0 Å². The standard InChI is InChI=1S/C32H27NO2/c1-2-23-33-31-30(28(24-15-7-3-8-16-24)25-17-9-4-10-18-25)34-32(35-31)29(26-19-11-5-12-20-26)27-21-13-6-14-22-27/h3-22H,2,23H2,1H3. The SMILES string of the molecule is CCCN=c1oc(=C(c2ccccc2)c2ccccc2)oc1=C(c1ccccc1)c1ccccc1. The average molecular weight is 458 g/mol. The van der Waals surface area contributed by atoms with Crippen molar-refractivity contribution in [2.24, 2.45) is 4.99 Å². The first-order valence-corrected chi connectivity index (χ1v) is 12.0. The Hall–Kier alpha value is -4.37. The van der Waals surface area contributed by atoms with E-state index in [2.05, 4.69) is 55.5 Å². The predicted octanol–water partition coefficient (Wildman–Crippen LogP) is 5.68. The molecule has 3 heteroatoms. The Morgan fingerprint density at radius 2 is 0.943 bits per heavy atom. The Morgan fingerprint density at radius 1 is 0.543 bits per heavy atom. The highest BCUT2D eigenvalue weighted by molar-refractivity contribution is 5.79. The Kier molecular flexibility index (Phi) is 6.86. The Labute approximate surface area is 205 Å². The normalized spacial score (nSPS) is 11.4. The molecule has 0 amide bonds. The minimum Gasteiger partial charge on any atom is -0.419 e. The fourth-order valence-corrected chi connectivity index (χ4v) is 4.12. The van der Waals surface area contributed by atoms with Crippen LogP contribution in [0.3, 0.4) is 0 Å². The van der Waals surface area contributed by atoms with Crippen LogP contribution < -0.4 is 16.6 Å². The second-order valence-electron chi connectivity index (χ2n) is 8.22. The molecule has 0 aliphatic rings. The van der Waals surface area contributed by atoms with E-state index in [9.17, 15) is 0 Å². The molecule has 1 aromatic heterocycles. The third-order valence-electron chi connectivity index (χ3n) is 5.74. The number of benzene rings is 4. The van der Waals surface area contributed by atoms with Crippen molar-refractivity contribution >= 4 is 11.1 Å². The van der Waals surface area contributed by atoms with Crippen molar-refractivity contribution in [1.29, 1.82) is 0 Å². The number of nitrogens with zero attached hydrogens (tertiary/aromatic N) is 1. The van der Waals surface area contributed by atoms with Crippen LogP contribution in [0.4, 0.5) is 0 Å².